The van der Waals surface area contributed by atoms with Gasteiger partial charge in [-0.15, -0.1) is 0 Å². The van der Waals surface area contributed by atoms with Crippen molar-refractivity contribution in [2.45, 2.75) is 18.2 Å². The number of rotatable bonds is 2. The van der Waals surface area contributed by atoms with E-state index in [1.54, 1.807) is 26.0 Å². The second kappa shape index (κ2) is 2.81. The van der Waals surface area contributed by atoms with Crippen LogP contribution in [0, 0.1) is 0 Å². The summed E-state index contributed by atoms with van der Waals surface area (Å²) in [5, 5.41) is 0. The molecule has 0 atom stereocenters. The summed E-state index contributed by atoms with van der Waals surface area (Å²) in [6, 6.07) is 3.36. The second-order valence-corrected chi connectivity index (χ2v) is 4.76. The van der Waals surface area contributed by atoms with E-state index in [4.69, 9.17) is 4.42 Å². The first-order chi connectivity index (χ1) is 5.02. The van der Waals surface area contributed by atoms with Crippen molar-refractivity contribution in [1.29, 1.82) is 0 Å². The van der Waals surface area contributed by atoms with Gasteiger partial charge in [0.2, 0.25) is 5.78 Å². The summed E-state index contributed by atoms with van der Waals surface area (Å²) in [5.74, 6) is 0.356. The van der Waals surface area contributed by atoms with Gasteiger partial charge in [0.25, 0.3) is 0 Å². The Morgan fingerprint density at radius 3 is 2.64 bits per heavy atom. The van der Waals surface area contributed by atoms with Crippen molar-refractivity contribution in [2.75, 3.05) is 0 Å². The van der Waals surface area contributed by atoms with Crippen LogP contribution in [0.3, 0.4) is 0 Å². The van der Waals surface area contributed by atoms with Gasteiger partial charge in [0.15, 0.2) is 5.76 Å². The number of Topliss-reactive ketones (excluding diaryl/α,β-unsaturated/α-hetero) is 1. The largest absolute Gasteiger partial charge is 0.461 e. The number of hydrogen-bond acceptors (Lipinski definition) is 2. The standard InChI is InChI=1S/C8H9BrO2/c1-8(2,9)7(10)6-4-3-5-11-6/h3-5H,1-2H3. The summed E-state index contributed by atoms with van der Waals surface area (Å²) in [7, 11) is 0. The van der Waals surface area contributed by atoms with E-state index in [2.05, 4.69) is 15.9 Å². The smallest absolute Gasteiger partial charge is 0.214 e. The summed E-state index contributed by atoms with van der Waals surface area (Å²) >= 11 is 3.26. The second-order valence-electron chi connectivity index (χ2n) is 2.78. The summed E-state index contributed by atoms with van der Waals surface area (Å²) in [6.45, 7) is 3.58. The lowest BCUT2D eigenvalue weighted by molar-refractivity contribution is 0.0934. The normalized spacial score (nSPS) is 11.5. The Balaban J connectivity index is 2.88. The lowest BCUT2D eigenvalue weighted by atomic mass is 10.1. The third-order valence-corrected chi connectivity index (χ3v) is 1.65. The molecule has 0 saturated heterocycles. The van der Waals surface area contributed by atoms with Gasteiger partial charge in [0.05, 0.1) is 10.6 Å². The van der Waals surface area contributed by atoms with Gasteiger partial charge in [-0.25, -0.2) is 0 Å². The molecule has 1 heterocycles. The van der Waals surface area contributed by atoms with Gasteiger partial charge in [-0.1, -0.05) is 15.9 Å². The quantitative estimate of drug-likeness (QED) is 0.563. The van der Waals surface area contributed by atoms with Gasteiger partial charge >= 0.3 is 0 Å². The zero-order chi connectivity index (χ0) is 8.48. The molecule has 0 bridgehead atoms. The molecule has 0 aliphatic heterocycles. The minimum absolute atomic E-state index is 0.0394. The van der Waals surface area contributed by atoms with Gasteiger partial charge in [-0.05, 0) is 26.0 Å². The molecule has 3 heteroatoms. The van der Waals surface area contributed by atoms with Crippen molar-refractivity contribution in [3.8, 4) is 0 Å². The number of carbonyl (C=O) groups excluding carboxylic acids is 1. The molecule has 0 N–H and O–H groups in total. The van der Waals surface area contributed by atoms with E-state index in [-0.39, 0.29) is 5.78 Å². The highest BCUT2D eigenvalue weighted by molar-refractivity contribution is 9.10. The number of carbonyl (C=O) groups is 1. The zero-order valence-electron chi connectivity index (χ0n) is 6.43. The Morgan fingerprint density at radius 1 is 1.64 bits per heavy atom. The first-order valence-corrected chi connectivity index (χ1v) is 4.08. The van der Waals surface area contributed by atoms with E-state index in [0.717, 1.165) is 0 Å². The minimum atomic E-state index is -0.537. The molecule has 0 unspecified atom stereocenters. The van der Waals surface area contributed by atoms with Crippen LogP contribution in [0.5, 0.6) is 0 Å². The highest BCUT2D eigenvalue weighted by Crippen LogP contribution is 2.21. The van der Waals surface area contributed by atoms with E-state index in [9.17, 15) is 4.79 Å². The van der Waals surface area contributed by atoms with Crippen LogP contribution in [0.2, 0.25) is 0 Å². The maximum atomic E-state index is 11.4. The van der Waals surface area contributed by atoms with Crippen molar-refractivity contribution in [1.82, 2.24) is 0 Å². The Bertz CT molecular complexity index is 244. The molecule has 1 aromatic rings. The predicted octanol–water partition coefficient (Wildman–Crippen LogP) is 2.64. The Kier molecular flexibility index (Phi) is 2.18. The molecule has 0 spiro atoms. The number of alkyl halides is 1. The van der Waals surface area contributed by atoms with E-state index in [0.29, 0.717) is 5.76 Å². The predicted molar refractivity (Wildman–Crippen MR) is 46.0 cm³/mol. The number of hydrogen-bond donors (Lipinski definition) is 0. The first kappa shape index (κ1) is 8.53. The monoisotopic (exact) mass is 216 g/mol. The van der Waals surface area contributed by atoms with E-state index < -0.39 is 4.32 Å². The number of ketones is 1. The molecule has 0 radical (unpaired) electrons. The average Bonchev–Trinajstić information content (AvgIpc) is 2.34. The SMILES string of the molecule is CC(C)(Br)C(=O)c1ccco1. The van der Waals surface area contributed by atoms with Gasteiger partial charge in [-0.3, -0.25) is 4.79 Å². The molecule has 1 aromatic heterocycles. The van der Waals surface area contributed by atoms with E-state index in [1.807, 2.05) is 0 Å². The molecular formula is C8H9BrO2. The number of halogens is 1. The molecular weight excluding hydrogens is 208 g/mol. The molecule has 1 rings (SSSR count). The third-order valence-electron chi connectivity index (χ3n) is 1.28. The highest BCUT2D eigenvalue weighted by atomic mass is 79.9. The molecule has 0 aliphatic carbocycles. The van der Waals surface area contributed by atoms with Crippen LogP contribution in [0.4, 0.5) is 0 Å². The molecule has 0 amide bonds. The van der Waals surface area contributed by atoms with Crippen molar-refractivity contribution in [3.05, 3.63) is 24.2 Å². The van der Waals surface area contributed by atoms with Crippen molar-refractivity contribution < 1.29 is 9.21 Å². The summed E-state index contributed by atoms with van der Waals surface area (Å²) in [6.07, 6.45) is 1.49. The topological polar surface area (TPSA) is 30.2 Å². The van der Waals surface area contributed by atoms with Crippen molar-refractivity contribution in [3.63, 3.8) is 0 Å². The van der Waals surface area contributed by atoms with Crippen molar-refractivity contribution >= 4 is 21.7 Å². The van der Waals surface area contributed by atoms with E-state index in [1.165, 1.54) is 6.26 Å². The molecule has 0 saturated carbocycles. The van der Waals surface area contributed by atoms with Crippen LogP contribution < -0.4 is 0 Å². The molecule has 0 aromatic carbocycles. The van der Waals surface area contributed by atoms with Crippen LogP contribution in [0.15, 0.2) is 22.8 Å². The van der Waals surface area contributed by atoms with Gasteiger partial charge in [0, 0.05) is 0 Å². The summed E-state index contributed by atoms with van der Waals surface area (Å²) in [5.41, 5.74) is 0. The fourth-order valence-corrected chi connectivity index (χ4v) is 0.896. The zero-order valence-corrected chi connectivity index (χ0v) is 8.01. The van der Waals surface area contributed by atoms with Crippen LogP contribution in [0.25, 0.3) is 0 Å². The fraction of sp³-hybridized carbons (Fsp3) is 0.375. The molecule has 11 heavy (non-hydrogen) atoms. The van der Waals surface area contributed by atoms with Gasteiger partial charge < -0.3 is 4.42 Å². The van der Waals surface area contributed by atoms with Crippen LogP contribution in [0.1, 0.15) is 24.4 Å². The van der Waals surface area contributed by atoms with Gasteiger partial charge in [-0.2, -0.15) is 0 Å². The molecule has 60 valence electrons. The van der Waals surface area contributed by atoms with E-state index >= 15 is 0 Å². The Labute approximate surface area is 73.7 Å². The number of furan rings is 1. The Morgan fingerprint density at radius 2 is 2.27 bits per heavy atom. The third kappa shape index (κ3) is 1.93. The lowest BCUT2D eigenvalue weighted by Gasteiger charge is -2.11. The fourth-order valence-electron chi connectivity index (χ4n) is 0.701. The molecule has 0 fully saturated rings. The highest BCUT2D eigenvalue weighted by Gasteiger charge is 2.26. The van der Waals surface area contributed by atoms with Crippen LogP contribution in [-0.2, 0) is 0 Å². The Hall–Kier alpha value is -0.570. The maximum Gasteiger partial charge on any atom is 0.214 e. The van der Waals surface area contributed by atoms with Crippen molar-refractivity contribution in [2.24, 2.45) is 0 Å². The minimum Gasteiger partial charge on any atom is -0.461 e. The summed E-state index contributed by atoms with van der Waals surface area (Å²) < 4.78 is 4.41. The molecule has 0 aliphatic rings. The van der Waals surface area contributed by atoms with Crippen LogP contribution >= 0.6 is 15.9 Å². The molecule has 2 nitrogen and oxygen atoms in total. The first-order valence-electron chi connectivity index (χ1n) is 3.29. The van der Waals surface area contributed by atoms with Gasteiger partial charge in [0.1, 0.15) is 0 Å². The van der Waals surface area contributed by atoms with Crippen LogP contribution in [-0.4, -0.2) is 10.1 Å². The maximum absolute atomic E-state index is 11.4. The lowest BCUT2D eigenvalue weighted by Crippen LogP contribution is -2.23. The summed E-state index contributed by atoms with van der Waals surface area (Å²) in [4.78, 5) is 11.4. The average molecular weight is 217 g/mol.